The molecule has 1 aromatic heterocycles. The van der Waals surface area contributed by atoms with Gasteiger partial charge in [0.05, 0.1) is 6.61 Å². The van der Waals surface area contributed by atoms with Crippen LogP contribution in [0.5, 0.6) is 0 Å². The van der Waals surface area contributed by atoms with Gasteiger partial charge in [-0.2, -0.15) is 0 Å². The quantitative estimate of drug-likeness (QED) is 0.587. The monoisotopic (exact) mass is 162 g/mol. The van der Waals surface area contributed by atoms with Gasteiger partial charge >= 0.3 is 0 Å². The Morgan fingerprint density at radius 2 is 2.42 bits per heavy atom. The topological polar surface area (TPSA) is 59.1 Å². The van der Waals surface area contributed by atoms with E-state index in [9.17, 15) is 0 Å². The Kier molecular flexibility index (Phi) is 3.12. The number of nitrogens with two attached hydrogens (primary N) is 1. The Morgan fingerprint density at radius 3 is 3.08 bits per heavy atom. The van der Waals surface area contributed by atoms with Crippen LogP contribution in [-0.4, -0.2) is 16.7 Å². The van der Waals surface area contributed by atoms with Gasteiger partial charge in [0.25, 0.3) is 0 Å². The molecule has 3 heteroatoms. The zero-order chi connectivity index (χ0) is 8.81. The second-order valence-corrected chi connectivity index (χ2v) is 2.25. The molecular formula is C9H10N2O. The standard InChI is InChI=1S/C9H10N2O/c10-8-4-5-11-9(7-8)3-1-2-6-12/h4-5,7,12H,2,6H2,(H2,10,11). The number of aromatic nitrogens is 1. The molecule has 0 aromatic carbocycles. The molecule has 1 heterocycles. The van der Waals surface area contributed by atoms with Crippen molar-refractivity contribution in [2.75, 3.05) is 12.3 Å². The third kappa shape index (κ3) is 2.60. The number of hydrogen-bond acceptors (Lipinski definition) is 3. The van der Waals surface area contributed by atoms with E-state index in [1.807, 2.05) is 0 Å². The van der Waals surface area contributed by atoms with Crippen molar-refractivity contribution in [3.05, 3.63) is 24.0 Å². The van der Waals surface area contributed by atoms with Crippen LogP contribution in [0.2, 0.25) is 0 Å². The van der Waals surface area contributed by atoms with Crippen LogP contribution < -0.4 is 5.73 Å². The van der Waals surface area contributed by atoms with Crippen molar-refractivity contribution < 1.29 is 5.11 Å². The maximum atomic E-state index is 8.45. The Morgan fingerprint density at radius 1 is 1.58 bits per heavy atom. The van der Waals surface area contributed by atoms with Gasteiger partial charge in [0.1, 0.15) is 5.69 Å². The summed E-state index contributed by atoms with van der Waals surface area (Å²) in [6.45, 7) is 0.0787. The van der Waals surface area contributed by atoms with E-state index in [1.54, 1.807) is 18.3 Å². The lowest BCUT2D eigenvalue weighted by Gasteiger charge is -1.91. The Labute approximate surface area is 71.2 Å². The first-order chi connectivity index (χ1) is 5.83. The summed E-state index contributed by atoms with van der Waals surface area (Å²) in [5, 5.41) is 8.45. The second-order valence-electron chi connectivity index (χ2n) is 2.25. The first kappa shape index (κ1) is 8.57. The van der Waals surface area contributed by atoms with Crippen LogP contribution in [0, 0.1) is 11.8 Å². The number of aliphatic hydroxyl groups is 1. The molecule has 0 bridgehead atoms. The van der Waals surface area contributed by atoms with Gasteiger partial charge in [-0.15, -0.1) is 0 Å². The van der Waals surface area contributed by atoms with Crippen LogP contribution in [-0.2, 0) is 0 Å². The highest BCUT2D eigenvalue weighted by Crippen LogP contribution is 2.00. The molecule has 0 amide bonds. The minimum absolute atomic E-state index is 0.0787. The highest BCUT2D eigenvalue weighted by Gasteiger charge is 1.87. The van der Waals surface area contributed by atoms with Crippen molar-refractivity contribution in [1.29, 1.82) is 0 Å². The van der Waals surface area contributed by atoms with Crippen LogP contribution in [0.15, 0.2) is 18.3 Å². The van der Waals surface area contributed by atoms with Gasteiger partial charge in [-0.1, -0.05) is 5.92 Å². The van der Waals surface area contributed by atoms with Gasteiger partial charge in [-0.05, 0) is 18.1 Å². The van der Waals surface area contributed by atoms with Gasteiger partial charge in [-0.25, -0.2) is 4.98 Å². The molecule has 0 aliphatic heterocycles. The summed E-state index contributed by atoms with van der Waals surface area (Å²) in [6, 6.07) is 3.40. The first-order valence-corrected chi connectivity index (χ1v) is 3.64. The van der Waals surface area contributed by atoms with Crippen LogP contribution in [0.1, 0.15) is 12.1 Å². The summed E-state index contributed by atoms with van der Waals surface area (Å²) in [5.41, 5.74) is 6.80. The average molecular weight is 162 g/mol. The first-order valence-electron chi connectivity index (χ1n) is 3.64. The molecule has 0 radical (unpaired) electrons. The molecule has 1 aromatic rings. The summed E-state index contributed by atoms with van der Waals surface area (Å²) in [6.07, 6.45) is 2.08. The van der Waals surface area contributed by atoms with Gasteiger partial charge in [0.15, 0.2) is 0 Å². The minimum atomic E-state index is 0.0787. The van der Waals surface area contributed by atoms with E-state index < -0.39 is 0 Å². The molecule has 12 heavy (non-hydrogen) atoms. The van der Waals surface area contributed by atoms with Crippen molar-refractivity contribution in [2.24, 2.45) is 0 Å². The van der Waals surface area contributed by atoms with Gasteiger partial charge in [-0.3, -0.25) is 0 Å². The largest absolute Gasteiger partial charge is 0.399 e. The highest BCUT2D eigenvalue weighted by molar-refractivity contribution is 5.42. The van der Waals surface area contributed by atoms with Crippen molar-refractivity contribution in [2.45, 2.75) is 6.42 Å². The maximum Gasteiger partial charge on any atom is 0.115 e. The molecule has 0 atom stereocenters. The van der Waals surface area contributed by atoms with E-state index in [2.05, 4.69) is 16.8 Å². The van der Waals surface area contributed by atoms with E-state index >= 15 is 0 Å². The van der Waals surface area contributed by atoms with E-state index in [0.29, 0.717) is 17.8 Å². The zero-order valence-corrected chi connectivity index (χ0v) is 6.62. The lowest BCUT2D eigenvalue weighted by Crippen LogP contribution is -1.88. The summed E-state index contributed by atoms with van der Waals surface area (Å²) >= 11 is 0. The predicted molar refractivity (Wildman–Crippen MR) is 47.2 cm³/mol. The average Bonchev–Trinajstić information content (AvgIpc) is 2.05. The normalized spacial score (nSPS) is 8.75. The molecule has 0 aliphatic rings. The number of nitrogens with zero attached hydrogens (tertiary/aromatic N) is 1. The molecule has 0 fully saturated rings. The minimum Gasteiger partial charge on any atom is -0.399 e. The fourth-order valence-electron chi connectivity index (χ4n) is 0.724. The third-order valence-corrected chi connectivity index (χ3v) is 1.24. The molecule has 0 saturated heterocycles. The van der Waals surface area contributed by atoms with Crippen molar-refractivity contribution in [3.63, 3.8) is 0 Å². The molecular weight excluding hydrogens is 152 g/mol. The molecule has 0 aliphatic carbocycles. The summed E-state index contributed by atoms with van der Waals surface area (Å²) in [4.78, 5) is 3.98. The smallest absolute Gasteiger partial charge is 0.115 e. The third-order valence-electron chi connectivity index (χ3n) is 1.24. The predicted octanol–water partition coefficient (Wildman–Crippen LogP) is 0.398. The molecule has 0 unspecified atom stereocenters. The van der Waals surface area contributed by atoms with E-state index in [1.165, 1.54) is 0 Å². The Hall–Kier alpha value is -1.53. The highest BCUT2D eigenvalue weighted by atomic mass is 16.2. The lowest BCUT2D eigenvalue weighted by atomic mass is 10.3. The fraction of sp³-hybridized carbons (Fsp3) is 0.222. The number of nitrogen functional groups attached to an aromatic ring is 1. The molecule has 3 N–H and O–H groups in total. The van der Waals surface area contributed by atoms with Crippen molar-refractivity contribution in [1.82, 2.24) is 4.98 Å². The number of anilines is 1. The van der Waals surface area contributed by atoms with E-state index in [0.717, 1.165) is 0 Å². The van der Waals surface area contributed by atoms with Gasteiger partial charge < -0.3 is 10.8 Å². The second kappa shape index (κ2) is 4.37. The van der Waals surface area contributed by atoms with Gasteiger partial charge in [0, 0.05) is 18.3 Å². The van der Waals surface area contributed by atoms with Crippen molar-refractivity contribution >= 4 is 5.69 Å². The fourth-order valence-corrected chi connectivity index (χ4v) is 0.724. The molecule has 0 saturated carbocycles. The van der Waals surface area contributed by atoms with E-state index in [4.69, 9.17) is 10.8 Å². The van der Waals surface area contributed by atoms with Crippen LogP contribution >= 0.6 is 0 Å². The molecule has 0 spiro atoms. The summed E-state index contributed by atoms with van der Waals surface area (Å²) in [5.74, 6) is 5.55. The number of hydrogen-bond donors (Lipinski definition) is 2. The van der Waals surface area contributed by atoms with Crippen molar-refractivity contribution in [3.8, 4) is 11.8 Å². The Balaban J connectivity index is 2.71. The van der Waals surface area contributed by atoms with Crippen LogP contribution in [0.25, 0.3) is 0 Å². The molecule has 3 nitrogen and oxygen atoms in total. The number of pyridine rings is 1. The summed E-state index contributed by atoms with van der Waals surface area (Å²) < 4.78 is 0. The number of rotatable bonds is 1. The number of aliphatic hydroxyl groups excluding tert-OH is 1. The SMILES string of the molecule is Nc1ccnc(C#CCCO)c1. The van der Waals surface area contributed by atoms with E-state index in [-0.39, 0.29) is 6.61 Å². The summed E-state index contributed by atoms with van der Waals surface area (Å²) in [7, 11) is 0. The van der Waals surface area contributed by atoms with Crippen LogP contribution in [0.4, 0.5) is 5.69 Å². The van der Waals surface area contributed by atoms with Gasteiger partial charge in [0.2, 0.25) is 0 Å². The van der Waals surface area contributed by atoms with Crippen LogP contribution in [0.3, 0.4) is 0 Å². The lowest BCUT2D eigenvalue weighted by molar-refractivity contribution is 0.305. The molecule has 62 valence electrons. The Bertz CT molecular complexity index is 312. The zero-order valence-electron chi connectivity index (χ0n) is 6.62. The maximum absolute atomic E-state index is 8.45. The molecule has 1 rings (SSSR count).